The highest BCUT2D eigenvalue weighted by atomic mass is 15.0. The Bertz CT molecular complexity index is 3030. The number of para-hydroxylation sites is 4. The van der Waals surface area contributed by atoms with Crippen LogP contribution in [0, 0.1) is 0 Å². The molecule has 11 aromatic rings. The van der Waals surface area contributed by atoms with Gasteiger partial charge in [0.05, 0.1) is 27.8 Å². The molecule has 0 aliphatic heterocycles. The molecule has 11 rings (SSSR count). The Morgan fingerprint density at radius 2 is 0.640 bits per heavy atom. The third kappa shape index (κ3) is 3.79. The van der Waals surface area contributed by atoms with Gasteiger partial charge in [-0.3, -0.25) is 0 Å². The van der Waals surface area contributed by atoms with Crippen LogP contribution >= 0.6 is 0 Å². The molecule has 232 valence electrons. The van der Waals surface area contributed by atoms with Crippen molar-refractivity contribution in [3.63, 3.8) is 0 Å². The van der Waals surface area contributed by atoms with Crippen molar-refractivity contribution in [2.75, 3.05) is 0 Å². The van der Waals surface area contributed by atoms with Crippen LogP contribution in [0.3, 0.4) is 0 Å². The zero-order chi connectivity index (χ0) is 32.8. The van der Waals surface area contributed by atoms with Crippen molar-refractivity contribution in [2.24, 2.45) is 0 Å². The first kappa shape index (κ1) is 27.3. The molecule has 0 spiro atoms. The summed E-state index contributed by atoms with van der Waals surface area (Å²) in [7, 11) is 0. The van der Waals surface area contributed by atoms with Gasteiger partial charge in [-0.1, -0.05) is 133 Å². The molecule has 0 amide bonds. The van der Waals surface area contributed by atoms with Crippen LogP contribution in [-0.2, 0) is 0 Å². The van der Waals surface area contributed by atoms with E-state index in [0.717, 1.165) is 5.69 Å². The van der Waals surface area contributed by atoms with E-state index < -0.39 is 0 Å². The Morgan fingerprint density at radius 3 is 1.16 bits per heavy atom. The summed E-state index contributed by atoms with van der Waals surface area (Å²) in [6.45, 7) is 0. The molecule has 0 saturated carbocycles. The normalized spacial score (nSPS) is 12.0. The topological polar surface area (TPSA) is 9.86 Å². The molecule has 2 heteroatoms. The number of fused-ring (bicyclic) bond motifs is 11. The first-order valence-electron chi connectivity index (χ1n) is 17.3. The van der Waals surface area contributed by atoms with Crippen molar-refractivity contribution in [3.05, 3.63) is 182 Å². The lowest BCUT2D eigenvalue weighted by molar-refractivity contribution is 1.18. The SMILES string of the molecule is c1ccc2c(c1)c(-c1ccc(-n3c4ccccc4c4ccccc43)cc1)cc1c3ccccc3c(-n3c4ccccc4c4ccccc43)cc21. The van der Waals surface area contributed by atoms with Gasteiger partial charge >= 0.3 is 0 Å². The predicted octanol–water partition coefficient (Wildman–Crippen LogP) is 13.0. The average Bonchev–Trinajstić information content (AvgIpc) is 3.70. The van der Waals surface area contributed by atoms with Gasteiger partial charge < -0.3 is 9.13 Å². The molecule has 0 atom stereocenters. The highest BCUT2D eigenvalue weighted by molar-refractivity contribution is 6.23. The molecule has 0 aliphatic rings. The summed E-state index contributed by atoms with van der Waals surface area (Å²) in [5.74, 6) is 0. The predicted molar refractivity (Wildman–Crippen MR) is 213 cm³/mol. The van der Waals surface area contributed by atoms with Crippen LogP contribution in [0.4, 0.5) is 0 Å². The minimum Gasteiger partial charge on any atom is -0.309 e. The van der Waals surface area contributed by atoms with Crippen molar-refractivity contribution in [2.45, 2.75) is 0 Å². The van der Waals surface area contributed by atoms with Crippen molar-refractivity contribution >= 4 is 75.9 Å². The first-order valence-corrected chi connectivity index (χ1v) is 17.3. The summed E-state index contributed by atoms with van der Waals surface area (Å²) in [6, 6.07) is 66.8. The Kier molecular flexibility index (Phi) is 5.70. The van der Waals surface area contributed by atoms with Gasteiger partial charge in [-0.05, 0) is 86.6 Å². The Morgan fingerprint density at radius 1 is 0.260 bits per heavy atom. The summed E-state index contributed by atoms with van der Waals surface area (Å²) in [5, 5.41) is 12.7. The zero-order valence-electron chi connectivity index (χ0n) is 27.2. The third-order valence-corrected chi connectivity index (χ3v) is 10.7. The molecule has 2 heterocycles. The van der Waals surface area contributed by atoms with E-state index in [1.54, 1.807) is 0 Å². The smallest absolute Gasteiger partial charge is 0.0547 e. The summed E-state index contributed by atoms with van der Waals surface area (Å²) >= 11 is 0. The summed E-state index contributed by atoms with van der Waals surface area (Å²) in [4.78, 5) is 0. The maximum Gasteiger partial charge on any atom is 0.0547 e. The van der Waals surface area contributed by atoms with Gasteiger partial charge in [-0.2, -0.15) is 0 Å². The van der Waals surface area contributed by atoms with E-state index in [1.165, 1.54) is 92.7 Å². The maximum absolute atomic E-state index is 2.46. The van der Waals surface area contributed by atoms with Crippen LogP contribution in [0.2, 0.25) is 0 Å². The Hall–Kier alpha value is -6.64. The van der Waals surface area contributed by atoms with E-state index >= 15 is 0 Å². The van der Waals surface area contributed by atoms with Crippen LogP contribution in [-0.4, -0.2) is 9.13 Å². The molecule has 0 aliphatic carbocycles. The fourth-order valence-corrected chi connectivity index (χ4v) is 8.53. The third-order valence-electron chi connectivity index (χ3n) is 10.7. The summed E-state index contributed by atoms with van der Waals surface area (Å²) in [6.07, 6.45) is 0. The first-order chi connectivity index (χ1) is 24.8. The van der Waals surface area contributed by atoms with Gasteiger partial charge in [-0.25, -0.2) is 0 Å². The van der Waals surface area contributed by atoms with Crippen LogP contribution < -0.4 is 0 Å². The second-order valence-electron chi connectivity index (χ2n) is 13.3. The molecular weight excluding hydrogens is 605 g/mol. The van der Waals surface area contributed by atoms with Gasteiger partial charge in [0.1, 0.15) is 0 Å². The quantitative estimate of drug-likeness (QED) is 0.171. The fraction of sp³-hybridized carbons (Fsp3) is 0. The minimum atomic E-state index is 1.16. The largest absolute Gasteiger partial charge is 0.309 e. The highest BCUT2D eigenvalue weighted by Crippen LogP contribution is 2.42. The number of aromatic nitrogens is 2. The van der Waals surface area contributed by atoms with Crippen molar-refractivity contribution < 1.29 is 0 Å². The van der Waals surface area contributed by atoms with Crippen LogP contribution in [0.25, 0.3) is 98.4 Å². The van der Waals surface area contributed by atoms with Crippen LogP contribution in [0.5, 0.6) is 0 Å². The van der Waals surface area contributed by atoms with E-state index in [4.69, 9.17) is 0 Å². The zero-order valence-corrected chi connectivity index (χ0v) is 27.2. The molecule has 2 aromatic heterocycles. The lowest BCUT2D eigenvalue weighted by atomic mass is 9.90. The Labute approximate surface area is 288 Å². The van der Waals surface area contributed by atoms with E-state index in [1.807, 2.05) is 0 Å². The van der Waals surface area contributed by atoms with Crippen molar-refractivity contribution in [3.8, 4) is 22.5 Å². The number of rotatable bonds is 3. The lowest BCUT2D eigenvalue weighted by Crippen LogP contribution is -1.97. The number of hydrogen-bond donors (Lipinski definition) is 0. The summed E-state index contributed by atoms with van der Waals surface area (Å²) < 4.78 is 4.85. The van der Waals surface area contributed by atoms with Crippen LogP contribution in [0.15, 0.2) is 182 Å². The Balaban J connectivity index is 1.16. The average molecular weight is 635 g/mol. The number of nitrogens with zero attached hydrogens (tertiary/aromatic N) is 2. The van der Waals surface area contributed by atoms with Crippen molar-refractivity contribution in [1.29, 1.82) is 0 Å². The fourth-order valence-electron chi connectivity index (χ4n) is 8.53. The van der Waals surface area contributed by atoms with E-state index in [-0.39, 0.29) is 0 Å². The molecule has 0 unspecified atom stereocenters. The van der Waals surface area contributed by atoms with E-state index in [2.05, 4.69) is 191 Å². The van der Waals surface area contributed by atoms with E-state index in [9.17, 15) is 0 Å². The number of benzene rings is 9. The lowest BCUT2D eigenvalue weighted by Gasteiger charge is -2.18. The monoisotopic (exact) mass is 634 g/mol. The molecule has 0 N–H and O–H groups in total. The van der Waals surface area contributed by atoms with Gasteiger partial charge in [-0.15, -0.1) is 0 Å². The van der Waals surface area contributed by atoms with Crippen molar-refractivity contribution in [1.82, 2.24) is 9.13 Å². The highest BCUT2D eigenvalue weighted by Gasteiger charge is 2.18. The molecule has 9 aromatic carbocycles. The van der Waals surface area contributed by atoms with Gasteiger partial charge in [0.15, 0.2) is 0 Å². The number of hydrogen-bond acceptors (Lipinski definition) is 0. The van der Waals surface area contributed by atoms with E-state index in [0.29, 0.717) is 0 Å². The van der Waals surface area contributed by atoms with Gasteiger partial charge in [0, 0.05) is 32.6 Å². The van der Waals surface area contributed by atoms with Gasteiger partial charge in [0.2, 0.25) is 0 Å². The standard InChI is InChI=1S/C48H30N2/c1-2-14-34-33(13-1)41(31-25-27-32(28-26-31)49-44-21-9-5-17-37(44)38-18-6-10-22-45(38)49)29-42-35-15-3-4-16-36(35)48(30-43(34)42)50-46-23-11-7-19-39(46)40-20-8-12-24-47(40)50/h1-30H. The molecule has 50 heavy (non-hydrogen) atoms. The molecular formula is C48H30N2. The second kappa shape index (κ2) is 10.4. The molecule has 0 saturated heterocycles. The second-order valence-corrected chi connectivity index (χ2v) is 13.3. The molecule has 0 bridgehead atoms. The molecule has 0 radical (unpaired) electrons. The minimum absolute atomic E-state index is 1.16. The summed E-state index contributed by atoms with van der Waals surface area (Å²) in [5.41, 5.74) is 9.73. The van der Waals surface area contributed by atoms with Crippen LogP contribution in [0.1, 0.15) is 0 Å². The molecule has 0 fully saturated rings. The molecule has 2 nitrogen and oxygen atoms in total. The maximum atomic E-state index is 2.46. The van der Waals surface area contributed by atoms with Gasteiger partial charge in [0.25, 0.3) is 0 Å².